The molecule has 1 amide bonds. The Morgan fingerprint density at radius 3 is 2.69 bits per heavy atom. The van der Waals surface area contributed by atoms with E-state index in [1.54, 1.807) is 17.8 Å². The van der Waals surface area contributed by atoms with Crippen LogP contribution in [0.5, 0.6) is 5.75 Å². The minimum Gasteiger partial charge on any atom is -0.493 e. The van der Waals surface area contributed by atoms with Gasteiger partial charge in [0.15, 0.2) is 6.61 Å². The molecule has 26 heavy (non-hydrogen) atoms. The molecule has 2 aromatic rings. The fraction of sp³-hybridized carbons (Fsp3) is 0.300. The van der Waals surface area contributed by atoms with Crippen LogP contribution in [0.15, 0.2) is 47.4 Å². The number of thioether (sulfide) groups is 1. The second kappa shape index (κ2) is 9.87. The van der Waals surface area contributed by atoms with Crippen molar-refractivity contribution in [1.29, 1.82) is 0 Å². The van der Waals surface area contributed by atoms with Crippen molar-refractivity contribution >= 4 is 29.3 Å². The minimum atomic E-state index is -0.469. The third kappa shape index (κ3) is 6.44. The maximum absolute atomic E-state index is 11.9. The van der Waals surface area contributed by atoms with Crippen LogP contribution in [0.2, 0.25) is 0 Å². The highest BCUT2D eigenvalue weighted by atomic mass is 32.2. The van der Waals surface area contributed by atoms with Crippen LogP contribution in [0.4, 0.5) is 5.69 Å². The van der Waals surface area contributed by atoms with Crippen molar-refractivity contribution in [2.75, 3.05) is 24.8 Å². The molecule has 138 valence electrons. The fourth-order valence-electron chi connectivity index (χ4n) is 2.22. The van der Waals surface area contributed by atoms with E-state index < -0.39 is 5.97 Å². The molecule has 0 aliphatic carbocycles. The van der Waals surface area contributed by atoms with Gasteiger partial charge in [-0.1, -0.05) is 18.2 Å². The molecule has 0 aliphatic heterocycles. The molecule has 0 atom stereocenters. The topological polar surface area (TPSA) is 64.6 Å². The van der Waals surface area contributed by atoms with Gasteiger partial charge in [-0.25, -0.2) is 0 Å². The molecule has 0 radical (unpaired) electrons. The van der Waals surface area contributed by atoms with Gasteiger partial charge in [0.1, 0.15) is 5.75 Å². The van der Waals surface area contributed by atoms with Crippen molar-refractivity contribution in [3.8, 4) is 5.75 Å². The van der Waals surface area contributed by atoms with Crippen LogP contribution in [0.1, 0.15) is 17.5 Å². The smallest absolute Gasteiger partial charge is 0.309 e. The third-order valence-corrected chi connectivity index (χ3v) is 4.35. The summed E-state index contributed by atoms with van der Waals surface area (Å²) in [6.45, 7) is 3.82. The highest BCUT2D eigenvalue weighted by Crippen LogP contribution is 2.20. The van der Waals surface area contributed by atoms with Crippen molar-refractivity contribution in [3.63, 3.8) is 0 Å². The molecular formula is C20H23NO4S. The summed E-state index contributed by atoms with van der Waals surface area (Å²) in [7, 11) is 0. The lowest BCUT2D eigenvalue weighted by Crippen LogP contribution is -2.21. The molecular weight excluding hydrogens is 350 g/mol. The van der Waals surface area contributed by atoms with Crippen molar-refractivity contribution in [3.05, 3.63) is 53.6 Å². The van der Waals surface area contributed by atoms with Crippen molar-refractivity contribution < 1.29 is 19.1 Å². The van der Waals surface area contributed by atoms with Crippen molar-refractivity contribution in [2.24, 2.45) is 0 Å². The predicted molar refractivity (Wildman–Crippen MR) is 104 cm³/mol. The molecule has 0 saturated heterocycles. The number of hydrogen-bond donors (Lipinski definition) is 1. The Labute approximate surface area is 158 Å². The standard InChI is InChI=1S/C20H23NO4S/c1-14-7-8-15(2)18(11-14)24-10-9-20(23)25-13-19(22)21-16-5-4-6-17(12-16)26-3/h4-8,11-12H,9-10,13H2,1-3H3,(H,21,22). The van der Waals surface area contributed by atoms with E-state index in [1.165, 1.54) is 0 Å². The molecule has 2 aromatic carbocycles. The SMILES string of the molecule is CSc1cccc(NC(=O)COC(=O)CCOc2cc(C)ccc2C)c1. The molecule has 0 bridgehead atoms. The Balaban J connectivity index is 1.71. The Morgan fingerprint density at radius 2 is 1.92 bits per heavy atom. The first kappa shape index (κ1) is 19.8. The summed E-state index contributed by atoms with van der Waals surface area (Å²) in [4.78, 5) is 24.7. The molecule has 5 nitrogen and oxygen atoms in total. The van der Waals surface area contributed by atoms with E-state index in [1.807, 2.05) is 56.5 Å². The van der Waals surface area contributed by atoms with Gasteiger partial charge < -0.3 is 14.8 Å². The quantitative estimate of drug-likeness (QED) is 0.560. The zero-order valence-electron chi connectivity index (χ0n) is 15.2. The summed E-state index contributed by atoms with van der Waals surface area (Å²) >= 11 is 1.59. The summed E-state index contributed by atoms with van der Waals surface area (Å²) in [5, 5.41) is 2.71. The number of carbonyl (C=O) groups is 2. The molecule has 0 fully saturated rings. The summed E-state index contributed by atoms with van der Waals surface area (Å²) in [6.07, 6.45) is 2.05. The number of carbonyl (C=O) groups excluding carboxylic acids is 2. The molecule has 0 saturated carbocycles. The van der Waals surface area contributed by atoms with E-state index in [2.05, 4.69) is 5.32 Å². The highest BCUT2D eigenvalue weighted by molar-refractivity contribution is 7.98. The van der Waals surface area contributed by atoms with Crippen LogP contribution in [0.25, 0.3) is 0 Å². The Bertz CT molecular complexity index is 776. The predicted octanol–water partition coefficient (Wildman–Crippen LogP) is 3.98. The number of anilines is 1. The Hall–Kier alpha value is -2.47. The molecule has 1 N–H and O–H groups in total. The number of hydrogen-bond acceptors (Lipinski definition) is 5. The van der Waals surface area contributed by atoms with Crippen LogP contribution in [0.3, 0.4) is 0 Å². The summed E-state index contributed by atoms with van der Waals surface area (Å²) < 4.78 is 10.6. The maximum atomic E-state index is 11.9. The number of amides is 1. The molecule has 0 aromatic heterocycles. The van der Waals surface area contributed by atoms with E-state index in [-0.39, 0.29) is 25.5 Å². The lowest BCUT2D eigenvalue weighted by Gasteiger charge is -2.10. The lowest BCUT2D eigenvalue weighted by molar-refractivity contribution is -0.147. The second-order valence-corrected chi connectivity index (χ2v) is 6.69. The van der Waals surface area contributed by atoms with Crippen LogP contribution in [-0.2, 0) is 14.3 Å². The largest absolute Gasteiger partial charge is 0.493 e. The van der Waals surface area contributed by atoms with E-state index in [0.29, 0.717) is 5.69 Å². The van der Waals surface area contributed by atoms with Gasteiger partial charge in [-0.15, -0.1) is 11.8 Å². The zero-order valence-corrected chi connectivity index (χ0v) is 16.0. The van der Waals surface area contributed by atoms with Crippen molar-refractivity contribution in [2.45, 2.75) is 25.2 Å². The number of ether oxygens (including phenoxy) is 2. The minimum absolute atomic E-state index is 0.0859. The summed E-state index contributed by atoms with van der Waals surface area (Å²) in [5.74, 6) is -0.0837. The summed E-state index contributed by atoms with van der Waals surface area (Å²) in [6, 6.07) is 13.4. The fourth-order valence-corrected chi connectivity index (χ4v) is 2.68. The number of esters is 1. The molecule has 2 rings (SSSR count). The molecule has 0 spiro atoms. The summed E-state index contributed by atoms with van der Waals surface area (Å²) in [5.41, 5.74) is 2.78. The van der Waals surface area contributed by atoms with E-state index in [4.69, 9.17) is 9.47 Å². The normalized spacial score (nSPS) is 10.3. The van der Waals surface area contributed by atoms with Crippen molar-refractivity contribution in [1.82, 2.24) is 0 Å². The first-order valence-electron chi connectivity index (χ1n) is 8.27. The molecule has 0 aliphatic rings. The number of nitrogens with one attached hydrogen (secondary N) is 1. The molecule has 6 heteroatoms. The zero-order chi connectivity index (χ0) is 18.9. The van der Waals surface area contributed by atoms with Gasteiger partial charge in [0, 0.05) is 10.6 Å². The molecule has 0 unspecified atom stereocenters. The average Bonchev–Trinajstić information content (AvgIpc) is 2.63. The first-order valence-corrected chi connectivity index (χ1v) is 9.50. The van der Waals surface area contributed by atoms with Gasteiger partial charge >= 0.3 is 5.97 Å². The number of benzene rings is 2. The van der Waals surface area contributed by atoms with Crippen LogP contribution in [0, 0.1) is 13.8 Å². The highest BCUT2D eigenvalue weighted by Gasteiger charge is 2.09. The monoisotopic (exact) mass is 373 g/mol. The Kier molecular flexibility index (Phi) is 7.53. The number of rotatable bonds is 8. The van der Waals surface area contributed by atoms with Gasteiger partial charge in [-0.2, -0.15) is 0 Å². The van der Waals surface area contributed by atoms with E-state index in [0.717, 1.165) is 21.8 Å². The van der Waals surface area contributed by atoms with Gasteiger partial charge in [-0.3, -0.25) is 9.59 Å². The maximum Gasteiger partial charge on any atom is 0.309 e. The second-order valence-electron chi connectivity index (χ2n) is 5.81. The van der Waals surface area contributed by atoms with Crippen LogP contribution in [-0.4, -0.2) is 31.3 Å². The van der Waals surface area contributed by atoms with Gasteiger partial charge in [0.2, 0.25) is 0 Å². The van der Waals surface area contributed by atoms with Gasteiger partial charge in [0.25, 0.3) is 5.91 Å². The van der Waals surface area contributed by atoms with E-state index >= 15 is 0 Å². The van der Waals surface area contributed by atoms with E-state index in [9.17, 15) is 9.59 Å². The third-order valence-electron chi connectivity index (χ3n) is 3.63. The van der Waals surface area contributed by atoms with Crippen LogP contribution < -0.4 is 10.1 Å². The number of aryl methyl sites for hydroxylation is 2. The average molecular weight is 373 g/mol. The van der Waals surface area contributed by atoms with Crippen LogP contribution >= 0.6 is 11.8 Å². The first-order chi connectivity index (χ1) is 12.5. The van der Waals surface area contributed by atoms with Gasteiger partial charge in [-0.05, 0) is 55.5 Å². The molecule has 0 heterocycles. The Morgan fingerprint density at radius 1 is 1.12 bits per heavy atom. The van der Waals surface area contributed by atoms with Gasteiger partial charge in [0.05, 0.1) is 13.0 Å². The lowest BCUT2D eigenvalue weighted by atomic mass is 10.1.